The SMILES string of the molecule is CCS(=O)(=O)CCOc1c(Br)cc(/C=C/C(=O)O)cc1Br. The first-order valence-corrected chi connectivity index (χ1v) is 9.39. The average Bonchev–Trinajstić information content (AvgIpc) is 2.39. The number of carbonyl (C=O) groups is 1. The molecule has 0 saturated heterocycles. The number of hydrogen-bond acceptors (Lipinski definition) is 4. The van der Waals surface area contributed by atoms with Gasteiger partial charge >= 0.3 is 5.97 Å². The molecule has 0 aromatic heterocycles. The third-order valence-corrected chi connectivity index (χ3v) is 5.37. The molecule has 21 heavy (non-hydrogen) atoms. The first-order valence-electron chi connectivity index (χ1n) is 5.98. The van der Waals surface area contributed by atoms with Gasteiger partial charge in [-0.15, -0.1) is 0 Å². The smallest absolute Gasteiger partial charge is 0.328 e. The summed E-state index contributed by atoms with van der Waals surface area (Å²) in [7, 11) is -3.07. The topological polar surface area (TPSA) is 80.7 Å². The van der Waals surface area contributed by atoms with E-state index in [4.69, 9.17) is 9.84 Å². The third kappa shape index (κ3) is 6.19. The maximum atomic E-state index is 11.4. The lowest BCUT2D eigenvalue weighted by atomic mass is 10.2. The zero-order valence-electron chi connectivity index (χ0n) is 11.2. The van der Waals surface area contributed by atoms with Crippen molar-refractivity contribution in [2.24, 2.45) is 0 Å². The molecule has 0 saturated carbocycles. The largest absolute Gasteiger partial charge is 0.490 e. The molecule has 0 aliphatic heterocycles. The third-order valence-electron chi connectivity index (χ3n) is 2.52. The van der Waals surface area contributed by atoms with E-state index in [1.54, 1.807) is 19.1 Å². The summed E-state index contributed by atoms with van der Waals surface area (Å²) >= 11 is 6.63. The molecular weight excluding hydrogens is 428 g/mol. The summed E-state index contributed by atoms with van der Waals surface area (Å²) in [4.78, 5) is 10.5. The zero-order valence-corrected chi connectivity index (χ0v) is 15.2. The minimum absolute atomic E-state index is 0.0525. The number of benzene rings is 1. The van der Waals surface area contributed by atoms with Gasteiger partial charge in [-0.3, -0.25) is 0 Å². The summed E-state index contributed by atoms with van der Waals surface area (Å²) in [6, 6.07) is 3.38. The van der Waals surface area contributed by atoms with Gasteiger partial charge in [-0.05, 0) is 55.6 Å². The van der Waals surface area contributed by atoms with Gasteiger partial charge in [-0.1, -0.05) is 6.92 Å². The Hall–Kier alpha value is -0.860. The number of halogens is 2. The van der Waals surface area contributed by atoms with Gasteiger partial charge in [0.15, 0.2) is 9.84 Å². The highest BCUT2D eigenvalue weighted by Crippen LogP contribution is 2.35. The average molecular weight is 442 g/mol. The Balaban J connectivity index is 2.83. The van der Waals surface area contributed by atoms with Crippen LogP contribution >= 0.6 is 31.9 Å². The van der Waals surface area contributed by atoms with Crippen LogP contribution in [0.4, 0.5) is 0 Å². The Morgan fingerprint density at radius 3 is 2.38 bits per heavy atom. The van der Waals surface area contributed by atoms with Crippen molar-refractivity contribution >= 4 is 53.7 Å². The van der Waals surface area contributed by atoms with Gasteiger partial charge in [0.1, 0.15) is 12.4 Å². The predicted octanol–water partition coefficient (Wildman–Crippen LogP) is 3.12. The molecule has 1 aromatic carbocycles. The highest BCUT2D eigenvalue weighted by Gasteiger charge is 2.11. The molecule has 5 nitrogen and oxygen atoms in total. The van der Waals surface area contributed by atoms with Crippen LogP contribution in [0.2, 0.25) is 0 Å². The lowest BCUT2D eigenvalue weighted by Gasteiger charge is -2.11. The maximum Gasteiger partial charge on any atom is 0.328 e. The fraction of sp³-hybridized carbons (Fsp3) is 0.308. The van der Waals surface area contributed by atoms with Gasteiger partial charge in [-0.2, -0.15) is 0 Å². The van der Waals surface area contributed by atoms with E-state index in [0.29, 0.717) is 20.3 Å². The van der Waals surface area contributed by atoms with E-state index in [9.17, 15) is 13.2 Å². The number of hydrogen-bond donors (Lipinski definition) is 1. The number of aliphatic carboxylic acids is 1. The van der Waals surface area contributed by atoms with Crippen LogP contribution < -0.4 is 4.74 Å². The Bertz CT molecular complexity index is 630. The molecule has 116 valence electrons. The minimum Gasteiger partial charge on any atom is -0.490 e. The minimum atomic E-state index is -3.07. The fourth-order valence-corrected chi connectivity index (χ4v) is 3.47. The summed E-state index contributed by atoms with van der Waals surface area (Å²) in [6.07, 6.45) is 2.48. The Morgan fingerprint density at radius 1 is 1.33 bits per heavy atom. The first kappa shape index (κ1) is 18.2. The number of ether oxygens (including phenoxy) is 1. The van der Waals surface area contributed by atoms with Crippen molar-refractivity contribution < 1.29 is 23.1 Å². The standard InChI is InChI=1S/C13H14Br2O5S/c1-2-21(18,19)6-5-20-13-10(14)7-9(8-11(13)15)3-4-12(16)17/h3-4,7-8H,2,5-6H2,1H3,(H,16,17)/b4-3+. The zero-order chi connectivity index (χ0) is 16.0. The quantitative estimate of drug-likeness (QED) is 0.657. The normalized spacial score (nSPS) is 11.8. The molecule has 0 aliphatic carbocycles. The van der Waals surface area contributed by atoms with E-state index >= 15 is 0 Å². The van der Waals surface area contributed by atoms with Crippen molar-refractivity contribution in [3.63, 3.8) is 0 Å². The highest BCUT2D eigenvalue weighted by molar-refractivity contribution is 9.11. The van der Waals surface area contributed by atoms with Crippen LogP contribution in [-0.4, -0.2) is 37.6 Å². The van der Waals surface area contributed by atoms with Gasteiger partial charge in [0, 0.05) is 11.8 Å². The van der Waals surface area contributed by atoms with Crippen LogP contribution in [0, 0.1) is 0 Å². The van der Waals surface area contributed by atoms with E-state index in [2.05, 4.69) is 31.9 Å². The number of sulfone groups is 1. The van der Waals surface area contributed by atoms with Crippen molar-refractivity contribution in [2.75, 3.05) is 18.1 Å². The van der Waals surface area contributed by atoms with Crippen molar-refractivity contribution in [3.05, 3.63) is 32.7 Å². The molecule has 0 unspecified atom stereocenters. The molecule has 0 amide bonds. The van der Waals surface area contributed by atoms with Crippen LogP contribution in [-0.2, 0) is 14.6 Å². The molecule has 0 bridgehead atoms. The van der Waals surface area contributed by atoms with Gasteiger partial charge in [0.25, 0.3) is 0 Å². The van der Waals surface area contributed by atoms with Crippen LogP contribution in [0.25, 0.3) is 6.08 Å². The van der Waals surface area contributed by atoms with Crippen LogP contribution in [0.1, 0.15) is 12.5 Å². The number of carboxylic acid groups (broad SMARTS) is 1. The van der Waals surface area contributed by atoms with E-state index in [-0.39, 0.29) is 18.1 Å². The Morgan fingerprint density at radius 2 is 1.90 bits per heavy atom. The van der Waals surface area contributed by atoms with Gasteiger partial charge in [0.05, 0.1) is 14.7 Å². The molecule has 0 aliphatic rings. The fourth-order valence-electron chi connectivity index (χ4n) is 1.40. The highest BCUT2D eigenvalue weighted by atomic mass is 79.9. The molecule has 1 aromatic rings. The molecule has 1 N–H and O–H groups in total. The van der Waals surface area contributed by atoms with Crippen LogP contribution in [0.3, 0.4) is 0 Å². The molecule has 0 atom stereocenters. The number of rotatable bonds is 7. The van der Waals surface area contributed by atoms with Crippen molar-refractivity contribution in [3.8, 4) is 5.75 Å². The van der Waals surface area contributed by atoms with Gasteiger partial charge < -0.3 is 9.84 Å². The Kier molecular flexibility index (Phi) is 6.89. The van der Waals surface area contributed by atoms with E-state index in [1.165, 1.54) is 6.08 Å². The van der Waals surface area contributed by atoms with Gasteiger partial charge in [0.2, 0.25) is 0 Å². The molecule has 0 heterocycles. The monoisotopic (exact) mass is 440 g/mol. The van der Waals surface area contributed by atoms with Crippen LogP contribution in [0.15, 0.2) is 27.2 Å². The van der Waals surface area contributed by atoms with Crippen molar-refractivity contribution in [1.82, 2.24) is 0 Å². The van der Waals surface area contributed by atoms with E-state index in [0.717, 1.165) is 6.08 Å². The molecule has 0 fully saturated rings. The summed E-state index contributed by atoms with van der Waals surface area (Å²) < 4.78 is 29.5. The van der Waals surface area contributed by atoms with E-state index < -0.39 is 15.8 Å². The number of carboxylic acids is 1. The van der Waals surface area contributed by atoms with Crippen LogP contribution in [0.5, 0.6) is 5.75 Å². The predicted molar refractivity (Wildman–Crippen MR) is 88.3 cm³/mol. The summed E-state index contributed by atoms with van der Waals surface area (Å²) in [5, 5.41) is 8.59. The second kappa shape index (κ2) is 7.95. The molecule has 1 rings (SSSR count). The summed E-state index contributed by atoms with van der Waals surface area (Å²) in [5.41, 5.74) is 0.671. The summed E-state index contributed by atoms with van der Waals surface area (Å²) in [6.45, 7) is 1.64. The van der Waals surface area contributed by atoms with Crippen molar-refractivity contribution in [2.45, 2.75) is 6.92 Å². The molecular formula is C13H14Br2O5S. The molecule has 0 spiro atoms. The lowest BCUT2D eigenvalue weighted by molar-refractivity contribution is -0.131. The second-order valence-corrected chi connectivity index (χ2v) is 8.25. The second-order valence-electron chi connectivity index (χ2n) is 4.07. The Labute approximate surface area is 140 Å². The summed E-state index contributed by atoms with van der Waals surface area (Å²) in [5.74, 6) is -0.526. The molecule has 8 heteroatoms. The van der Waals surface area contributed by atoms with Gasteiger partial charge in [-0.25, -0.2) is 13.2 Å². The molecule has 0 radical (unpaired) electrons. The van der Waals surface area contributed by atoms with E-state index in [1.807, 2.05) is 0 Å². The first-order chi connectivity index (χ1) is 9.75. The van der Waals surface area contributed by atoms with Crippen molar-refractivity contribution in [1.29, 1.82) is 0 Å². The maximum absolute atomic E-state index is 11.4. The lowest BCUT2D eigenvalue weighted by Crippen LogP contribution is -2.15.